The highest BCUT2D eigenvalue weighted by atomic mass is 79.9. The molecule has 0 aliphatic carbocycles. The molecular formula is C12H9BrFN3O3. The van der Waals surface area contributed by atoms with Gasteiger partial charge in [0.2, 0.25) is 11.6 Å². The second kappa shape index (κ2) is 5.41. The molecule has 0 radical (unpaired) electrons. The summed E-state index contributed by atoms with van der Waals surface area (Å²) in [6.45, 7) is 1.67. The second-order valence-electron chi connectivity index (χ2n) is 3.92. The number of hydrogen-bond acceptors (Lipinski definition) is 5. The Morgan fingerprint density at radius 2 is 2.15 bits per heavy atom. The number of benzene rings is 1. The van der Waals surface area contributed by atoms with Gasteiger partial charge in [-0.05, 0) is 28.9 Å². The lowest BCUT2D eigenvalue weighted by molar-refractivity contribution is -0.385. The molecule has 104 valence electrons. The van der Waals surface area contributed by atoms with E-state index < -0.39 is 10.7 Å². The zero-order valence-electron chi connectivity index (χ0n) is 10.3. The topological polar surface area (TPSA) is 91.3 Å². The Morgan fingerprint density at radius 1 is 1.45 bits per heavy atom. The van der Waals surface area contributed by atoms with Gasteiger partial charge in [0.05, 0.1) is 20.8 Å². The van der Waals surface area contributed by atoms with Gasteiger partial charge in [-0.2, -0.15) is 0 Å². The van der Waals surface area contributed by atoms with Gasteiger partial charge in [0.1, 0.15) is 5.82 Å². The Morgan fingerprint density at radius 3 is 2.75 bits per heavy atom. The first kappa shape index (κ1) is 14.2. The van der Waals surface area contributed by atoms with Crippen molar-refractivity contribution >= 4 is 27.3 Å². The van der Waals surface area contributed by atoms with Crippen LogP contribution in [0.2, 0.25) is 0 Å². The van der Waals surface area contributed by atoms with Crippen molar-refractivity contribution in [2.24, 2.45) is 0 Å². The standard InChI is InChI=1S/C12H9BrFN3O3/c1-6-9(15)2-3-12(16-6)20-11-5-8(14)7(13)4-10(11)17(18)19/h2-5H,15H2,1H3. The maximum absolute atomic E-state index is 13.5. The number of nitrogen functional groups attached to an aromatic ring is 1. The van der Waals surface area contributed by atoms with Crippen molar-refractivity contribution in [3.8, 4) is 11.6 Å². The van der Waals surface area contributed by atoms with Crippen molar-refractivity contribution in [2.45, 2.75) is 6.92 Å². The Kier molecular flexibility index (Phi) is 3.84. The molecule has 0 fully saturated rings. The predicted octanol–water partition coefficient (Wildman–Crippen LogP) is 3.57. The van der Waals surface area contributed by atoms with Crippen LogP contribution in [0.1, 0.15) is 5.69 Å². The average molecular weight is 342 g/mol. The molecule has 0 bridgehead atoms. The molecule has 0 spiro atoms. The zero-order chi connectivity index (χ0) is 14.9. The third kappa shape index (κ3) is 2.85. The summed E-state index contributed by atoms with van der Waals surface area (Å²) < 4.78 is 18.7. The molecule has 2 rings (SSSR count). The fourth-order valence-corrected chi connectivity index (χ4v) is 1.79. The summed E-state index contributed by atoms with van der Waals surface area (Å²) >= 11 is 2.89. The highest BCUT2D eigenvalue weighted by molar-refractivity contribution is 9.10. The van der Waals surface area contributed by atoms with Crippen LogP contribution in [-0.2, 0) is 0 Å². The van der Waals surface area contributed by atoms with Crippen LogP contribution in [0.5, 0.6) is 11.6 Å². The summed E-state index contributed by atoms with van der Waals surface area (Å²) in [6.07, 6.45) is 0. The summed E-state index contributed by atoms with van der Waals surface area (Å²) in [5.74, 6) is -0.799. The molecular weight excluding hydrogens is 333 g/mol. The summed E-state index contributed by atoms with van der Waals surface area (Å²) in [7, 11) is 0. The number of hydrogen-bond donors (Lipinski definition) is 1. The highest BCUT2D eigenvalue weighted by Crippen LogP contribution is 2.35. The molecule has 0 aliphatic heterocycles. The number of anilines is 1. The molecule has 1 aromatic carbocycles. The monoisotopic (exact) mass is 341 g/mol. The average Bonchev–Trinajstić information content (AvgIpc) is 2.37. The van der Waals surface area contributed by atoms with Gasteiger partial charge in [-0.1, -0.05) is 0 Å². The summed E-state index contributed by atoms with van der Waals surface area (Å²) in [4.78, 5) is 14.3. The van der Waals surface area contributed by atoms with Crippen LogP contribution in [0.25, 0.3) is 0 Å². The van der Waals surface area contributed by atoms with E-state index in [-0.39, 0.29) is 21.8 Å². The van der Waals surface area contributed by atoms with Crippen molar-refractivity contribution in [3.05, 3.63) is 50.4 Å². The molecule has 2 aromatic rings. The molecule has 8 heteroatoms. The summed E-state index contributed by atoms with van der Waals surface area (Å²) in [5, 5.41) is 10.9. The molecule has 0 amide bonds. The van der Waals surface area contributed by atoms with Crippen molar-refractivity contribution in [2.75, 3.05) is 5.73 Å². The molecule has 0 unspecified atom stereocenters. The van der Waals surface area contributed by atoms with E-state index in [0.717, 1.165) is 12.1 Å². The molecule has 2 N–H and O–H groups in total. The first-order valence-corrected chi connectivity index (χ1v) is 6.22. The number of rotatable bonds is 3. The molecule has 0 saturated carbocycles. The quantitative estimate of drug-likeness (QED) is 0.680. The fraction of sp³-hybridized carbons (Fsp3) is 0.0833. The van der Waals surface area contributed by atoms with Gasteiger partial charge in [0, 0.05) is 18.2 Å². The Balaban J connectivity index is 2.44. The van der Waals surface area contributed by atoms with E-state index in [1.165, 1.54) is 6.07 Å². The molecule has 0 aliphatic rings. The van der Waals surface area contributed by atoms with E-state index in [9.17, 15) is 14.5 Å². The molecule has 1 heterocycles. The van der Waals surface area contributed by atoms with E-state index in [4.69, 9.17) is 10.5 Å². The Bertz CT molecular complexity index is 694. The van der Waals surface area contributed by atoms with Gasteiger partial charge in [-0.15, -0.1) is 0 Å². The lowest BCUT2D eigenvalue weighted by Crippen LogP contribution is -1.98. The highest BCUT2D eigenvalue weighted by Gasteiger charge is 2.20. The van der Waals surface area contributed by atoms with Gasteiger partial charge in [0.25, 0.3) is 0 Å². The van der Waals surface area contributed by atoms with Crippen molar-refractivity contribution in [3.63, 3.8) is 0 Å². The number of nitrogens with two attached hydrogens (primary N) is 1. The lowest BCUT2D eigenvalue weighted by atomic mass is 10.3. The Hall–Kier alpha value is -2.22. The molecule has 20 heavy (non-hydrogen) atoms. The SMILES string of the molecule is Cc1nc(Oc2cc(F)c(Br)cc2[N+](=O)[O-])ccc1N. The van der Waals surface area contributed by atoms with Crippen LogP contribution in [0.4, 0.5) is 15.8 Å². The predicted molar refractivity (Wildman–Crippen MR) is 74.2 cm³/mol. The maximum atomic E-state index is 13.5. The number of aromatic nitrogens is 1. The van der Waals surface area contributed by atoms with E-state index in [0.29, 0.717) is 11.4 Å². The third-order valence-electron chi connectivity index (χ3n) is 2.51. The number of nitrogens with zero attached hydrogens (tertiary/aromatic N) is 2. The van der Waals surface area contributed by atoms with Gasteiger partial charge in [-0.25, -0.2) is 9.37 Å². The lowest BCUT2D eigenvalue weighted by Gasteiger charge is -2.08. The van der Waals surface area contributed by atoms with E-state index >= 15 is 0 Å². The van der Waals surface area contributed by atoms with Gasteiger partial charge in [-0.3, -0.25) is 10.1 Å². The van der Waals surface area contributed by atoms with Crippen LogP contribution < -0.4 is 10.5 Å². The third-order valence-corrected chi connectivity index (χ3v) is 3.12. The number of nitro benzene ring substituents is 1. The van der Waals surface area contributed by atoms with Gasteiger partial charge < -0.3 is 10.5 Å². The maximum Gasteiger partial charge on any atom is 0.312 e. The van der Waals surface area contributed by atoms with Crippen LogP contribution in [0.3, 0.4) is 0 Å². The molecule has 1 aromatic heterocycles. The van der Waals surface area contributed by atoms with Crippen molar-refractivity contribution < 1.29 is 14.1 Å². The Labute approximate surface area is 121 Å². The molecule has 0 atom stereocenters. The van der Waals surface area contributed by atoms with Crippen LogP contribution in [-0.4, -0.2) is 9.91 Å². The summed E-state index contributed by atoms with van der Waals surface area (Å²) in [6, 6.07) is 4.97. The minimum atomic E-state index is -0.669. The molecule has 6 nitrogen and oxygen atoms in total. The second-order valence-corrected chi connectivity index (χ2v) is 4.77. The first-order valence-electron chi connectivity index (χ1n) is 5.43. The van der Waals surface area contributed by atoms with Crippen molar-refractivity contribution in [1.29, 1.82) is 0 Å². The van der Waals surface area contributed by atoms with Crippen LogP contribution >= 0.6 is 15.9 Å². The van der Waals surface area contributed by atoms with Crippen LogP contribution in [0, 0.1) is 22.9 Å². The van der Waals surface area contributed by atoms with E-state index in [1.807, 2.05) is 0 Å². The minimum Gasteiger partial charge on any atom is -0.432 e. The van der Waals surface area contributed by atoms with E-state index in [1.54, 1.807) is 13.0 Å². The van der Waals surface area contributed by atoms with E-state index in [2.05, 4.69) is 20.9 Å². The van der Waals surface area contributed by atoms with Crippen molar-refractivity contribution in [1.82, 2.24) is 4.98 Å². The van der Waals surface area contributed by atoms with Crippen LogP contribution in [0.15, 0.2) is 28.7 Å². The number of nitro groups is 1. The summed E-state index contributed by atoms with van der Waals surface area (Å²) in [5.41, 5.74) is 6.23. The minimum absolute atomic E-state index is 0.0157. The molecule has 0 saturated heterocycles. The number of pyridine rings is 1. The fourth-order valence-electron chi connectivity index (χ4n) is 1.46. The zero-order valence-corrected chi connectivity index (χ0v) is 11.8. The van der Waals surface area contributed by atoms with Gasteiger partial charge in [0.15, 0.2) is 0 Å². The normalized spacial score (nSPS) is 10.3. The number of ether oxygens (including phenoxy) is 1. The largest absolute Gasteiger partial charge is 0.432 e. The first-order chi connectivity index (χ1) is 9.38. The van der Waals surface area contributed by atoms with Gasteiger partial charge >= 0.3 is 5.69 Å². The number of aryl methyl sites for hydroxylation is 1. The number of halogens is 2. The smallest absolute Gasteiger partial charge is 0.312 e.